The molecule has 210 valence electrons. The van der Waals surface area contributed by atoms with Crippen LogP contribution >= 0.6 is 0 Å². The van der Waals surface area contributed by atoms with Gasteiger partial charge in [0.1, 0.15) is 0 Å². The van der Waals surface area contributed by atoms with E-state index in [2.05, 4.69) is 65.0 Å². The van der Waals surface area contributed by atoms with Crippen molar-refractivity contribution >= 4 is 0 Å². The minimum absolute atomic E-state index is 0.405. The maximum atomic E-state index is 6.85. The number of hydrogen-bond acceptors (Lipinski definition) is 1. The predicted molar refractivity (Wildman–Crippen MR) is 160 cm³/mol. The fraction of sp³-hybridized carbons (Fsp3) is 0.784. The van der Waals surface area contributed by atoms with Gasteiger partial charge in [-0.3, -0.25) is 0 Å². The zero-order valence-electron chi connectivity index (χ0n) is 25.3. The second-order valence-corrected chi connectivity index (χ2v) is 15.5. The van der Waals surface area contributed by atoms with E-state index in [1.807, 2.05) is 0 Å². The van der Waals surface area contributed by atoms with E-state index in [0.717, 1.165) is 48.3 Å². The van der Waals surface area contributed by atoms with Crippen LogP contribution < -0.4 is 0 Å². The molecule has 0 aliphatic heterocycles. The molecule has 1 nitrogen and oxygen atoms in total. The summed E-state index contributed by atoms with van der Waals surface area (Å²) >= 11 is 0. The molecular formula is C37H56O. The lowest BCUT2D eigenvalue weighted by molar-refractivity contribution is -0.0801. The van der Waals surface area contributed by atoms with Gasteiger partial charge >= 0.3 is 0 Å². The molecule has 1 aromatic rings. The zero-order valence-corrected chi connectivity index (χ0v) is 25.3. The van der Waals surface area contributed by atoms with Gasteiger partial charge in [-0.05, 0) is 129 Å². The third kappa shape index (κ3) is 5.08. The summed E-state index contributed by atoms with van der Waals surface area (Å²) in [6.07, 6.45) is 25.7. The Morgan fingerprint density at radius 1 is 0.921 bits per heavy atom. The standard InChI is InChI=1S/C37H56O/c1-25(2)8-6-9-27(4)34-14-15-35-29-12-13-31-23-32(16-19-37(31,24-29)18-7-17-36(34,35)5)38-33-21-28-11-10-26(3)20-30(28)22-33/h10-13,20,25,27,29,31-35H,6-9,14-19,21-24H2,1-5H3/t27-,29+,31?,32-,33?,34?,35?,36+,37+/m1/s1. The third-order valence-corrected chi connectivity index (χ3v) is 12.7. The molecular weight excluding hydrogens is 460 g/mol. The van der Waals surface area contributed by atoms with E-state index in [4.69, 9.17) is 4.74 Å². The molecule has 4 unspecified atom stereocenters. The van der Waals surface area contributed by atoms with Crippen molar-refractivity contribution in [3.63, 3.8) is 0 Å². The van der Waals surface area contributed by atoms with Gasteiger partial charge in [0.25, 0.3) is 0 Å². The van der Waals surface area contributed by atoms with Crippen LogP contribution in [0.2, 0.25) is 0 Å². The van der Waals surface area contributed by atoms with Crippen molar-refractivity contribution in [3.8, 4) is 0 Å². The van der Waals surface area contributed by atoms with Crippen LogP contribution in [0, 0.1) is 53.3 Å². The van der Waals surface area contributed by atoms with Gasteiger partial charge in [-0.25, -0.2) is 0 Å². The number of fused-ring (bicyclic) bond motifs is 4. The maximum absolute atomic E-state index is 6.85. The third-order valence-electron chi connectivity index (χ3n) is 12.7. The average molecular weight is 517 g/mol. The molecule has 1 heteroatoms. The predicted octanol–water partition coefficient (Wildman–Crippen LogP) is 9.89. The summed E-state index contributed by atoms with van der Waals surface area (Å²) in [6, 6.07) is 7.01. The number of benzene rings is 1. The van der Waals surface area contributed by atoms with Crippen molar-refractivity contribution in [1.82, 2.24) is 0 Å². The highest BCUT2D eigenvalue weighted by Crippen LogP contribution is 2.64. The lowest BCUT2D eigenvalue weighted by Crippen LogP contribution is -2.47. The first-order valence-electron chi connectivity index (χ1n) is 16.7. The van der Waals surface area contributed by atoms with Crippen molar-refractivity contribution < 1.29 is 4.74 Å². The van der Waals surface area contributed by atoms with Crippen LogP contribution in [0.4, 0.5) is 0 Å². The molecule has 0 N–H and O–H groups in total. The lowest BCUT2D eigenvalue weighted by Gasteiger charge is -2.55. The fourth-order valence-corrected chi connectivity index (χ4v) is 10.7. The van der Waals surface area contributed by atoms with Gasteiger partial charge in [-0.2, -0.15) is 0 Å². The second kappa shape index (κ2) is 10.7. The molecule has 6 rings (SSSR count). The highest BCUT2D eigenvalue weighted by Gasteiger charge is 2.55. The maximum Gasteiger partial charge on any atom is 0.0659 e. The summed E-state index contributed by atoms with van der Waals surface area (Å²) < 4.78 is 6.85. The first-order chi connectivity index (χ1) is 18.3. The van der Waals surface area contributed by atoms with Crippen molar-refractivity contribution in [2.75, 3.05) is 0 Å². The summed E-state index contributed by atoms with van der Waals surface area (Å²) in [5.74, 6) is 5.20. The van der Waals surface area contributed by atoms with Crippen molar-refractivity contribution in [2.45, 2.75) is 137 Å². The Hall–Kier alpha value is -1.08. The lowest BCUT2D eigenvalue weighted by atomic mass is 9.51. The van der Waals surface area contributed by atoms with E-state index in [0.29, 0.717) is 23.0 Å². The van der Waals surface area contributed by atoms with Crippen LogP contribution in [0.15, 0.2) is 30.4 Å². The topological polar surface area (TPSA) is 9.23 Å². The highest BCUT2D eigenvalue weighted by atomic mass is 16.5. The second-order valence-electron chi connectivity index (χ2n) is 15.5. The number of ether oxygens (including phenoxy) is 1. The Bertz CT molecular complexity index is 1010. The molecule has 5 aliphatic rings. The van der Waals surface area contributed by atoms with E-state index in [-0.39, 0.29) is 0 Å². The van der Waals surface area contributed by atoms with Crippen LogP contribution in [0.3, 0.4) is 0 Å². The van der Waals surface area contributed by atoms with Gasteiger partial charge in [-0.15, -0.1) is 0 Å². The van der Waals surface area contributed by atoms with E-state index in [1.54, 1.807) is 0 Å². The fourth-order valence-electron chi connectivity index (χ4n) is 10.7. The molecule has 0 heterocycles. The molecule has 9 atom stereocenters. The van der Waals surface area contributed by atoms with Gasteiger partial charge in [0.05, 0.1) is 12.2 Å². The number of rotatable bonds is 7. The van der Waals surface area contributed by atoms with E-state index < -0.39 is 0 Å². The minimum Gasteiger partial charge on any atom is -0.374 e. The molecule has 1 aromatic carbocycles. The summed E-state index contributed by atoms with van der Waals surface area (Å²) in [7, 11) is 0. The summed E-state index contributed by atoms with van der Waals surface area (Å²) in [4.78, 5) is 0. The van der Waals surface area contributed by atoms with Crippen molar-refractivity contribution in [3.05, 3.63) is 47.0 Å². The van der Waals surface area contributed by atoms with Gasteiger partial charge < -0.3 is 4.74 Å². The Balaban J connectivity index is 1.10. The van der Waals surface area contributed by atoms with Crippen LogP contribution in [0.25, 0.3) is 0 Å². The van der Waals surface area contributed by atoms with E-state index in [1.165, 1.54) is 93.7 Å². The highest BCUT2D eigenvalue weighted by molar-refractivity contribution is 5.36. The van der Waals surface area contributed by atoms with Crippen LogP contribution in [0.1, 0.15) is 121 Å². The first kappa shape index (κ1) is 27.1. The zero-order chi connectivity index (χ0) is 26.5. The smallest absolute Gasteiger partial charge is 0.0659 e. The van der Waals surface area contributed by atoms with Crippen LogP contribution in [-0.4, -0.2) is 12.2 Å². The van der Waals surface area contributed by atoms with Crippen LogP contribution in [0.5, 0.6) is 0 Å². The van der Waals surface area contributed by atoms with Crippen molar-refractivity contribution in [2.24, 2.45) is 46.3 Å². The number of allylic oxidation sites excluding steroid dienone is 2. The Kier molecular flexibility index (Phi) is 7.65. The molecule has 3 saturated carbocycles. The van der Waals surface area contributed by atoms with Gasteiger partial charge in [0, 0.05) is 0 Å². The Morgan fingerprint density at radius 2 is 1.76 bits per heavy atom. The number of hydrogen-bond donors (Lipinski definition) is 0. The SMILES string of the molecule is Cc1ccc2c(c1)CC(O[C@@H]1CC[C@]34CCC[C@@]5(C)C([C@H](C)CCCC(C)C)CCC5[C@@H](C=CC3C1)C4)C2. The normalized spacial score (nSPS) is 40.8. The molecule has 2 bridgehead atoms. The minimum atomic E-state index is 0.405. The molecule has 0 aromatic heterocycles. The van der Waals surface area contributed by atoms with Gasteiger partial charge in [0.15, 0.2) is 0 Å². The molecule has 0 amide bonds. The monoisotopic (exact) mass is 516 g/mol. The quantitative estimate of drug-likeness (QED) is 0.328. The molecule has 1 spiro atoms. The molecule has 3 fully saturated rings. The van der Waals surface area contributed by atoms with Crippen LogP contribution in [-0.2, 0) is 17.6 Å². The van der Waals surface area contributed by atoms with E-state index >= 15 is 0 Å². The Labute approximate surface area is 234 Å². The molecule has 5 aliphatic carbocycles. The number of aryl methyl sites for hydroxylation is 1. The molecule has 0 saturated heterocycles. The average Bonchev–Trinajstić information content (AvgIpc) is 3.42. The van der Waals surface area contributed by atoms with Crippen molar-refractivity contribution in [1.29, 1.82) is 0 Å². The van der Waals surface area contributed by atoms with Gasteiger partial charge in [0.2, 0.25) is 0 Å². The summed E-state index contributed by atoms with van der Waals surface area (Å²) in [5, 5.41) is 0. The largest absolute Gasteiger partial charge is 0.374 e. The Morgan fingerprint density at radius 3 is 2.61 bits per heavy atom. The summed E-state index contributed by atoms with van der Waals surface area (Å²) in [6.45, 7) is 12.3. The van der Waals surface area contributed by atoms with E-state index in [9.17, 15) is 0 Å². The molecule has 38 heavy (non-hydrogen) atoms. The molecule has 0 radical (unpaired) electrons. The summed E-state index contributed by atoms with van der Waals surface area (Å²) in [5.41, 5.74) is 5.59. The van der Waals surface area contributed by atoms with Gasteiger partial charge in [-0.1, -0.05) is 89.3 Å². The first-order valence-corrected chi connectivity index (χ1v) is 16.7.